The minimum absolute atomic E-state index is 0.0239. The molecular formula is C26H27NO5. The highest BCUT2D eigenvalue weighted by Crippen LogP contribution is 2.27. The highest BCUT2D eigenvalue weighted by atomic mass is 16.5. The van der Waals surface area contributed by atoms with Crippen LogP contribution in [0.2, 0.25) is 0 Å². The molecule has 6 nitrogen and oxygen atoms in total. The van der Waals surface area contributed by atoms with Crippen molar-refractivity contribution in [3.63, 3.8) is 0 Å². The van der Waals surface area contributed by atoms with Crippen LogP contribution in [-0.4, -0.2) is 35.6 Å². The molecule has 0 saturated carbocycles. The van der Waals surface area contributed by atoms with Gasteiger partial charge in [-0.3, -0.25) is 4.79 Å². The molecule has 0 radical (unpaired) electrons. The number of aromatic carboxylic acids is 1. The number of carboxylic acid groups (broad SMARTS) is 1. The summed E-state index contributed by atoms with van der Waals surface area (Å²) in [6, 6.07) is 21.9. The average molecular weight is 434 g/mol. The van der Waals surface area contributed by atoms with Gasteiger partial charge in [-0.15, -0.1) is 0 Å². The lowest BCUT2D eigenvalue weighted by molar-refractivity contribution is -0.136. The third-order valence-electron chi connectivity index (χ3n) is 5.32. The number of rotatable bonds is 9. The number of aryl methyl sites for hydroxylation is 1. The van der Waals surface area contributed by atoms with Crippen molar-refractivity contribution in [3.05, 3.63) is 95.1 Å². The van der Waals surface area contributed by atoms with E-state index in [2.05, 4.69) is 0 Å². The minimum atomic E-state index is -1.10. The van der Waals surface area contributed by atoms with Crippen molar-refractivity contribution in [2.45, 2.75) is 26.4 Å². The molecule has 0 aliphatic carbocycles. The molecule has 3 aromatic carbocycles. The number of carbonyl (C=O) groups is 2. The fraction of sp³-hybridized carbons (Fsp3) is 0.231. The van der Waals surface area contributed by atoms with Gasteiger partial charge in [-0.25, -0.2) is 4.79 Å². The van der Waals surface area contributed by atoms with Gasteiger partial charge in [0.2, 0.25) is 0 Å². The zero-order chi connectivity index (χ0) is 23.1. The number of carbonyl (C=O) groups excluding carboxylic acids is 1. The first-order chi connectivity index (χ1) is 15.4. The van der Waals surface area contributed by atoms with E-state index in [9.17, 15) is 14.7 Å². The predicted octanol–water partition coefficient (Wildman–Crippen LogP) is 4.87. The van der Waals surface area contributed by atoms with Gasteiger partial charge in [-0.2, -0.15) is 0 Å². The Hall–Kier alpha value is -3.80. The second-order valence-corrected chi connectivity index (χ2v) is 7.51. The normalized spacial score (nSPS) is 11.5. The maximum Gasteiger partial charge on any atom is 0.339 e. The molecule has 3 rings (SSSR count). The second kappa shape index (κ2) is 10.5. The zero-order valence-electron chi connectivity index (χ0n) is 18.4. The Balaban J connectivity index is 1.87. The molecule has 0 bridgehead atoms. The smallest absolute Gasteiger partial charge is 0.339 e. The number of para-hydroxylation sites is 1. The second-order valence-electron chi connectivity index (χ2n) is 7.51. The largest absolute Gasteiger partial charge is 0.496 e. The van der Waals surface area contributed by atoms with Crippen LogP contribution in [0, 0.1) is 6.92 Å². The van der Waals surface area contributed by atoms with E-state index in [1.807, 2.05) is 68.4 Å². The summed E-state index contributed by atoms with van der Waals surface area (Å²) in [6.45, 7) is 3.84. The quantitative estimate of drug-likeness (QED) is 0.521. The Morgan fingerprint density at radius 2 is 1.66 bits per heavy atom. The van der Waals surface area contributed by atoms with Crippen LogP contribution in [0.25, 0.3) is 0 Å². The van der Waals surface area contributed by atoms with E-state index >= 15 is 0 Å². The van der Waals surface area contributed by atoms with Crippen LogP contribution in [0.3, 0.4) is 0 Å². The lowest BCUT2D eigenvalue weighted by Gasteiger charge is -2.30. The SMILES string of the molecule is COc1ccccc1CN(C(=O)COc1cc(C)ccc1C(=O)O)[C@@H](C)c1ccccc1. The summed E-state index contributed by atoms with van der Waals surface area (Å²) in [4.78, 5) is 26.6. The first kappa shape index (κ1) is 22.9. The standard InChI is InChI=1S/C26H27NO5/c1-18-13-14-22(26(29)30)24(15-18)32-17-25(28)27(19(2)20-9-5-4-6-10-20)16-21-11-7-8-12-23(21)31-3/h4-15,19H,16-17H2,1-3H3,(H,29,30)/t19-/m0/s1. The Kier molecular flexibility index (Phi) is 7.49. The van der Waals surface area contributed by atoms with Crippen LogP contribution in [0.15, 0.2) is 72.8 Å². The molecule has 3 aromatic rings. The molecule has 166 valence electrons. The molecular weight excluding hydrogens is 406 g/mol. The number of hydrogen-bond acceptors (Lipinski definition) is 4. The van der Waals surface area contributed by atoms with Gasteiger partial charge in [0.25, 0.3) is 5.91 Å². The fourth-order valence-electron chi connectivity index (χ4n) is 3.52. The van der Waals surface area contributed by atoms with E-state index in [0.29, 0.717) is 12.3 Å². The molecule has 0 spiro atoms. The summed E-state index contributed by atoms with van der Waals surface area (Å²) < 4.78 is 11.2. The molecule has 0 aromatic heterocycles. The lowest BCUT2D eigenvalue weighted by atomic mass is 10.1. The molecule has 0 aliphatic heterocycles. The van der Waals surface area contributed by atoms with E-state index in [1.165, 1.54) is 6.07 Å². The van der Waals surface area contributed by atoms with Crippen LogP contribution in [-0.2, 0) is 11.3 Å². The van der Waals surface area contributed by atoms with Crippen molar-refractivity contribution in [3.8, 4) is 11.5 Å². The summed E-state index contributed by atoms with van der Waals surface area (Å²) in [5.41, 5.74) is 2.72. The molecule has 0 fully saturated rings. The number of benzene rings is 3. The van der Waals surface area contributed by atoms with Crippen LogP contribution in [0.1, 0.15) is 40.0 Å². The Morgan fingerprint density at radius 1 is 0.969 bits per heavy atom. The van der Waals surface area contributed by atoms with Gasteiger partial charge in [-0.05, 0) is 43.2 Å². The van der Waals surface area contributed by atoms with Gasteiger partial charge >= 0.3 is 5.97 Å². The Labute approximate surface area is 188 Å². The van der Waals surface area contributed by atoms with Gasteiger partial charge in [0, 0.05) is 5.56 Å². The monoisotopic (exact) mass is 433 g/mol. The van der Waals surface area contributed by atoms with Crippen molar-refractivity contribution in [1.29, 1.82) is 0 Å². The zero-order valence-corrected chi connectivity index (χ0v) is 18.4. The third kappa shape index (κ3) is 5.46. The maximum atomic E-state index is 13.3. The number of hydrogen-bond donors (Lipinski definition) is 1. The van der Waals surface area contributed by atoms with Crippen LogP contribution < -0.4 is 9.47 Å². The molecule has 0 unspecified atom stereocenters. The molecule has 0 heterocycles. The first-order valence-electron chi connectivity index (χ1n) is 10.3. The molecule has 1 atom stereocenters. The van der Waals surface area contributed by atoms with Crippen molar-refractivity contribution >= 4 is 11.9 Å². The Bertz CT molecular complexity index is 1080. The average Bonchev–Trinajstić information content (AvgIpc) is 2.81. The van der Waals surface area contributed by atoms with Gasteiger partial charge in [0.15, 0.2) is 6.61 Å². The van der Waals surface area contributed by atoms with Crippen LogP contribution in [0.5, 0.6) is 11.5 Å². The van der Waals surface area contributed by atoms with E-state index in [4.69, 9.17) is 9.47 Å². The van der Waals surface area contributed by atoms with E-state index in [0.717, 1.165) is 16.7 Å². The van der Waals surface area contributed by atoms with E-state index in [-0.39, 0.29) is 29.9 Å². The summed E-state index contributed by atoms with van der Waals surface area (Å²) in [5.74, 6) is -0.491. The van der Waals surface area contributed by atoms with Crippen molar-refractivity contribution in [2.24, 2.45) is 0 Å². The predicted molar refractivity (Wildman–Crippen MR) is 122 cm³/mol. The number of nitrogens with zero attached hydrogens (tertiary/aromatic N) is 1. The molecule has 0 aliphatic rings. The molecule has 1 amide bonds. The molecule has 0 saturated heterocycles. The third-order valence-corrected chi connectivity index (χ3v) is 5.32. The van der Waals surface area contributed by atoms with Gasteiger partial charge in [0.1, 0.15) is 17.1 Å². The fourth-order valence-corrected chi connectivity index (χ4v) is 3.52. The van der Waals surface area contributed by atoms with Gasteiger partial charge in [-0.1, -0.05) is 54.6 Å². The van der Waals surface area contributed by atoms with E-state index < -0.39 is 5.97 Å². The molecule has 1 N–H and O–H groups in total. The summed E-state index contributed by atoms with van der Waals surface area (Å²) in [7, 11) is 1.60. The number of ether oxygens (including phenoxy) is 2. The van der Waals surface area contributed by atoms with Crippen molar-refractivity contribution in [1.82, 2.24) is 4.90 Å². The highest BCUT2D eigenvalue weighted by Gasteiger charge is 2.24. The maximum absolute atomic E-state index is 13.3. The first-order valence-corrected chi connectivity index (χ1v) is 10.3. The molecule has 32 heavy (non-hydrogen) atoms. The highest BCUT2D eigenvalue weighted by molar-refractivity contribution is 5.91. The Morgan fingerprint density at radius 3 is 2.34 bits per heavy atom. The summed E-state index contributed by atoms with van der Waals surface area (Å²) in [5, 5.41) is 9.43. The van der Waals surface area contributed by atoms with Crippen LogP contribution >= 0.6 is 0 Å². The van der Waals surface area contributed by atoms with Gasteiger partial charge in [0.05, 0.1) is 19.7 Å². The number of carboxylic acids is 1. The summed E-state index contributed by atoms with van der Waals surface area (Å²) in [6.07, 6.45) is 0. The lowest BCUT2D eigenvalue weighted by Crippen LogP contribution is -2.36. The topological polar surface area (TPSA) is 76.1 Å². The van der Waals surface area contributed by atoms with Crippen molar-refractivity contribution < 1.29 is 24.2 Å². The number of methoxy groups -OCH3 is 1. The minimum Gasteiger partial charge on any atom is -0.496 e. The van der Waals surface area contributed by atoms with E-state index in [1.54, 1.807) is 24.1 Å². The van der Waals surface area contributed by atoms with Crippen molar-refractivity contribution in [2.75, 3.05) is 13.7 Å². The summed E-state index contributed by atoms with van der Waals surface area (Å²) >= 11 is 0. The van der Waals surface area contributed by atoms with Crippen LogP contribution in [0.4, 0.5) is 0 Å². The number of amides is 1. The van der Waals surface area contributed by atoms with Gasteiger partial charge < -0.3 is 19.5 Å². The molecule has 6 heteroatoms.